The summed E-state index contributed by atoms with van der Waals surface area (Å²) in [5.74, 6) is 0. The zero-order valence-electron chi connectivity index (χ0n) is 6.72. The summed E-state index contributed by atoms with van der Waals surface area (Å²) in [6.07, 6.45) is 3.27. The molecule has 0 aromatic rings. The van der Waals surface area contributed by atoms with Crippen LogP contribution in [0.2, 0.25) is 0 Å². The molecule has 2 rings (SSSR count). The van der Waals surface area contributed by atoms with E-state index in [2.05, 4.69) is 31.9 Å². The molecule has 2 aliphatic rings. The number of rotatable bonds is 1. The van der Waals surface area contributed by atoms with Crippen molar-refractivity contribution in [1.82, 2.24) is 0 Å². The van der Waals surface area contributed by atoms with Crippen molar-refractivity contribution in [2.24, 2.45) is 0 Å². The van der Waals surface area contributed by atoms with Crippen molar-refractivity contribution in [3.8, 4) is 0 Å². The number of halogens is 2. The minimum Gasteiger partial charge on any atom is -0.425 e. The first kappa shape index (κ1) is 9.39. The lowest BCUT2D eigenvalue weighted by Gasteiger charge is -2.20. The van der Waals surface area contributed by atoms with Crippen molar-refractivity contribution in [2.75, 3.05) is 0 Å². The van der Waals surface area contributed by atoms with Gasteiger partial charge >= 0.3 is 0 Å². The molecular formula is C7H10Br2O2Si. The highest BCUT2D eigenvalue weighted by Crippen LogP contribution is 2.44. The first-order valence-electron chi connectivity index (χ1n) is 3.94. The topological polar surface area (TPSA) is 21.8 Å². The maximum atomic E-state index is 5.50. The van der Waals surface area contributed by atoms with Crippen molar-refractivity contribution in [3.63, 3.8) is 0 Å². The number of hydrogen-bond donors (Lipinski definition) is 0. The van der Waals surface area contributed by atoms with Gasteiger partial charge in [0, 0.05) is 6.42 Å². The van der Waals surface area contributed by atoms with E-state index in [1.54, 1.807) is 0 Å². The van der Waals surface area contributed by atoms with Gasteiger partial charge in [0.25, 0.3) is 0 Å². The van der Waals surface area contributed by atoms with E-state index >= 15 is 0 Å². The molecule has 0 N–H and O–H groups in total. The molecule has 3 atom stereocenters. The van der Waals surface area contributed by atoms with Crippen LogP contribution < -0.4 is 0 Å². The Morgan fingerprint density at radius 2 is 2.33 bits per heavy atom. The van der Waals surface area contributed by atoms with Gasteiger partial charge in [-0.3, -0.25) is 0 Å². The highest BCUT2D eigenvalue weighted by Gasteiger charge is 2.48. The predicted molar refractivity (Wildman–Crippen MR) is 57.6 cm³/mol. The summed E-state index contributed by atoms with van der Waals surface area (Å²) >= 11 is 6.86. The van der Waals surface area contributed by atoms with Gasteiger partial charge in [-0.2, -0.15) is 0 Å². The fourth-order valence-electron chi connectivity index (χ4n) is 1.70. The Morgan fingerprint density at radius 1 is 1.58 bits per heavy atom. The normalized spacial score (nSPS) is 39.5. The predicted octanol–water partition coefficient (Wildman–Crippen LogP) is 1.21. The van der Waals surface area contributed by atoms with Gasteiger partial charge in [0.1, 0.15) is 16.6 Å². The Balaban J connectivity index is 2.11. The molecule has 5 heteroatoms. The molecule has 0 amide bonds. The van der Waals surface area contributed by atoms with E-state index in [0.717, 1.165) is 26.7 Å². The summed E-state index contributed by atoms with van der Waals surface area (Å²) in [5, 5.41) is 0. The molecule has 0 aromatic carbocycles. The molecule has 1 saturated carbocycles. The Labute approximate surface area is 91.5 Å². The first-order valence-corrected chi connectivity index (χ1v) is 6.35. The second-order valence-corrected chi connectivity index (χ2v) is 6.30. The zero-order valence-corrected chi connectivity index (χ0v) is 11.9. The Morgan fingerprint density at radius 3 is 2.92 bits per heavy atom. The standard InChI is InChI=1S/C7H10Br2O2Si/c8-7(9)4-1-3(11-12)2-5-6(4)10-5/h3,5-6H,1-2H2,12H3. The molecule has 0 bridgehead atoms. The van der Waals surface area contributed by atoms with Crippen LogP contribution in [0, 0.1) is 0 Å². The van der Waals surface area contributed by atoms with Crippen molar-refractivity contribution in [1.29, 1.82) is 0 Å². The lowest BCUT2D eigenvalue weighted by molar-refractivity contribution is 0.194. The monoisotopic (exact) mass is 312 g/mol. The summed E-state index contributed by atoms with van der Waals surface area (Å²) in [7, 11) is 0.818. The molecule has 1 heterocycles. The largest absolute Gasteiger partial charge is 0.425 e. The van der Waals surface area contributed by atoms with E-state index in [0.29, 0.717) is 18.3 Å². The van der Waals surface area contributed by atoms with Crippen molar-refractivity contribution >= 4 is 42.3 Å². The van der Waals surface area contributed by atoms with Crippen LogP contribution in [0.1, 0.15) is 12.8 Å². The Bertz CT molecular complexity index is 227. The lowest BCUT2D eigenvalue weighted by Crippen LogP contribution is -2.22. The molecule has 2 fully saturated rings. The summed E-state index contributed by atoms with van der Waals surface area (Å²) in [5.41, 5.74) is 1.33. The summed E-state index contributed by atoms with van der Waals surface area (Å²) in [6, 6.07) is 0. The second-order valence-electron chi connectivity index (χ2n) is 3.18. The van der Waals surface area contributed by atoms with Crippen LogP contribution in [0.15, 0.2) is 8.96 Å². The van der Waals surface area contributed by atoms with Crippen molar-refractivity contribution < 1.29 is 9.16 Å². The summed E-state index contributed by atoms with van der Waals surface area (Å²) < 4.78 is 12.0. The molecular weight excluding hydrogens is 304 g/mol. The fourth-order valence-corrected chi connectivity index (χ4v) is 2.83. The smallest absolute Gasteiger partial charge is 0.146 e. The van der Waals surface area contributed by atoms with Gasteiger partial charge < -0.3 is 9.16 Å². The van der Waals surface area contributed by atoms with Crippen LogP contribution in [0.4, 0.5) is 0 Å². The molecule has 1 saturated heterocycles. The van der Waals surface area contributed by atoms with Gasteiger partial charge in [-0.15, -0.1) is 0 Å². The third-order valence-electron chi connectivity index (χ3n) is 2.44. The van der Waals surface area contributed by atoms with Crippen LogP contribution in [-0.4, -0.2) is 28.8 Å². The Kier molecular flexibility index (Phi) is 2.77. The van der Waals surface area contributed by atoms with E-state index in [-0.39, 0.29) is 0 Å². The molecule has 2 nitrogen and oxygen atoms in total. The quantitative estimate of drug-likeness (QED) is 0.536. The van der Waals surface area contributed by atoms with E-state index in [1.807, 2.05) is 0 Å². The molecule has 12 heavy (non-hydrogen) atoms. The lowest BCUT2D eigenvalue weighted by atomic mass is 9.94. The van der Waals surface area contributed by atoms with Crippen LogP contribution in [0.5, 0.6) is 0 Å². The maximum absolute atomic E-state index is 5.50. The highest BCUT2D eigenvalue weighted by molar-refractivity contribution is 9.28. The minimum atomic E-state index is 0.367. The van der Waals surface area contributed by atoms with Crippen molar-refractivity contribution in [3.05, 3.63) is 8.96 Å². The van der Waals surface area contributed by atoms with Crippen LogP contribution in [-0.2, 0) is 9.16 Å². The zero-order chi connectivity index (χ0) is 8.72. The number of hydrogen-bond acceptors (Lipinski definition) is 2. The molecule has 3 unspecified atom stereocenters. The number of ether oxygens (including phenoxy) is 1. The molecule has 1 aliphatic heterocycles. The third-order valence-corrected chi connectivity index (χ3v) is 4.13. The van der Waals surface area contributed by atoms with E-state index in [1.165, 1.54) is 5.57 Å². The second kappa shape index (κ2) is 3.53. The summed E-state index contributed by atoms with van der Waals surface area (Å²) in [4.78, 5) is 0. The van der Waals surface area contributed by atoms with Crippen LogP contribution in [0.25, 0.3) is 0 Å². The number of fused-ring (bicyclic) bond motifs is 1. The molecule has 68 valence electrons. The number of epoxide rings is 1. The van der Waals surface area contributed by atoms with Gasteiger partial charge in [0.2, 0.25) is 0 Å². The fraction of sp³-hybridized carbons (Fsp3) is 0.714. The van der Waals surface area contributed by atoms with E-state index in [4.69, 9.17) is 9.16 Å². The van der Waals surface area contributed by atoms with Gasteiger partial charge in [0.05, 0.1) is 15.6 Å². The van der Waals surface area contributed by atoms with Gasteiger partial charge in [-0.05, 0) is 43.9 Å². The average molecular weight is 314 g/mol. The molecule has 1 aliphatic carbocycles. The van der Waals surface area contributed by atoms with Crippen LogP contribution in [0.3, 0.4) is 0 Å². The van der Waals surface area contributed by atoms with Gasteiger partial charge in [0.15, 0.2) is 0 Å². The van der Waals surface area contributed by atoms with Crippen LogP contribution >= 0.6 is 31.9 Å². The maximum Gasteiger partial charge on any atom is 0.146 e. The van der Waals surface area contributed by atoms with Crippen molar-refractivity contribution in [2.45, 2.75) is 31.2 Å². The minimum absolute atomic E-state index is 0.367. The summed E-state index contributed by atoms with van der Waals surface area (Å²) in [6.45, 7) is 0. The van der Waals surface area contributed by atoms with E-state index in [9.17, 15) is 0 Å². The third kappa shape index (κ3) is 1.70. The van der Waals surface area contributed by atoms with E-state index < -0.39 is 0 Å². The molecule has 0 aromatic heterocycles. The molecule has 0 radical (unpaired) electrons. The Hall–Kier alpha value is 0.837. The molecule has 0 spiro atoms. The first-order chi connectivity index (χ1) is 5.72. The highest BCUT2D eigenvalue weighted by atomic mass is 79.9. The van der Waals surface area contributed by atoms with Gasteiger partial charge in [-0.25, -0.2) is 0 Å². The van der Waals surface area contributed by atoms with Gasteiger partial charge in [-0.1, -0.05) is 0 Å². The average Bonchev–Trinajstić information content (AvgIpc) is 2.80. The SMILES string of the molecule is [SiH3]OC1CC(=C(Br)Br)C2OC2C1.